The van der Waals surface area contributed by atoms with Gasteiger partial charge in [0.25, 0.3) is 0 Å². The molecular weight excluding hydrogens is 206 g/mol. The van der Waals surface area contributed by atoms with Crippen LogP contribution in [0.15, 0.2) is 0 Å². The summed E-state index contributed by atoms with van der Waals surface area (Å²) < 4.78 is 0. The molecule has 2 amide bonds. The highest BCUT2D eigenvalue weighted by Gasteiger charge is 2.51. The summed E-state index contributed by atoms with van der Waals surface area (Å²) in [6.45, 7) is 5.37. The summed E-state index contributed by atoms with van der Waals surface area (Å²) >= 11 is 0. The summed E-state index contributed by atoms with van der Waals surface area (Å²) in [5, 5.41) is 0. The lowest BCUT2D eigenvalue weighted by atomic mass is 10.00. The van der Waals surface area contributed by atoms with E-state index in [2.05, 4.69) is 4.90 Å². The molecule has 2 atom stereocenters. The maximum absolute atomic E-state index is 11.9. The fourth-order valence-electron chi connectivity index (χ4n) is 2.70. The smallest absolute Gasteiger partial charge is 0.234 e. The molecule has 5 heteroatoms. The van der Waals surface area contributed by atoms with E-state index in [0.717, 1.165) is 26.1 Å². The third kappa shape index (κ3) is 1.74. The summed E-state index contributed by atoms with van der Waals surface area (Å²) in [5.74, 6) is -0.143. The highest BCUT2D eigenvalue weighted by Crippen LogP contribution is 2.32. The molecule has 2 rings (SSSR count). The molecule has 0 bridgehead atoms. The van der Waals surface area contributed by atoms with Crippen molar-refractivity contribution in [2.24, 2.45) is 17.6 Å². The molecule has 0 spiro atoms. The van der Waals surface area contributed by atoms with Crippen LogP contribution >= 0.6 is 0 Å². The second-order valence-corrected chi connectivity index (χ2v) is 4.54. The Labute approximate surface area is 95.6 Å². The van der Waals surface area contributed by atoms with Crippen molar-refractivity contribution in [2.75, 3.05) is 32.7 Å². The van der Waals surface area contributed by atoms with Crippen LogP contribution in [0.5, 0.6) is 0 Å². The van der Waals surface area contributed by atoms with Crippen LogP contribution in [0, 0.1) is 11.8 Å². The lowest BCUT2D eigenvalue weighted by molar-refractivity contribution is -0.140. The molecule has 0 aliphatic carbocycles. The number of imide groups is 1. The topological polar surface area (TPSA) is 66.6 Å². The van der Waals surface area contributed by atoms with Gasteiger partial charge in [-0.2, -0.15) is 0 Å². The van der Waals surface area contributed by atoms with Gasteiger partial charge in [-0.05, 0) is 26.4 Å². The van der Waals surface area contributed by atoms with Gasteiger partial charge in [-0.1, -0.05) is 0 Å². The largest absolute Gasteiger partial charge is 0.330 e. The standard InChI is InChI=1S/C11H19N3O2/c1-2-14-10(15)8-6-13(5-3-4-12)7-9(8)11(14)16/h8-9H,2-7,12H2,1H3/t8-,9-/m0/s1. The fourth-order valence-corrected chi connectivity index (χ4v) is 2.70. The van der Waals surface area contributed by atoms with E-state index in [4.69, 9.17) is 5.73 Å². The second kappa shape index (κ2) is 4.51. The monoisotopic (exact) mass is 225 g/mol. The van der Waals surface area contributed by atoms with E-state index in [-0.39, 0.29) is 23.7 Å². The number of amides is 2. The minimum Gasteiger partial charge on any atom is -0.330 e. The maximum atomic E-state index is 11.9. The summed E-state index contributed by atoms with van der Waals surface area (Å²) in [6.07, 6.45) is 0.930. The van der Waals surface area contributed by atoms with Crippen molar-refractivity contribution in [1.82, 2.24) is 9.80 Å². The Morgan fingerprint density at radius 3 is 2.25 bits per heavy atom. The zero-order valence-corrected chi connectivity index (χ0v) is 9.69. The minimum absolute atomic E-state index is 0.0211. The van der Waals surface area contributed by atoms with Crippen molar-refractivity contribution in [3.05, 3.63) is 0 Å². The van der Waals surface area contributed by atoms with Gasteiger partial charge in [0.2, 0.25) is 11.8 Å². The van der Waals surface area contributed by atoms with E-state index in [0.29, 0.717) is 13.1 Å². The van der Waals surface area contributed by atoms with E-state index in [1.165, 1.54) is 4.90 Å². The van der Waals surface area contributed by atoms with Gasteiger partial charge in [-0.15, -0.1) is 0 Å². The maximum Gasteiger partial charge on any atom is 0.234 e. The zero-order chi connectivity index (χ0) is 11.7. The van der Waals surface area contributed by atoms with E-state index < -0.39 is 0 Å². The molecule has 2 N–H and O–H groups in total. The van der Waals surface area contributed by atoms with Crippen LogP contribution < -0.4 is 5.73 Å². The van der Waals surface area contributed by atoms with Crippen LogP contribution in [0.3, 0.4) is 0 Å². The number of hydrogen-bond acceptors (Lipinski definition) is 4. The third-order valence-electron chi connectivity index (χ3n) is 3.56. The molecule has 90 valence electrons. The zero-order valence-electron chi connectivity index (χ0n) is 9.69. The Morgan fingerprint density at radius 2 is 1.81 bits per heavy atom. The molecule has 2 saturated heterocycles. The molecule has 0 unspecified atom stereocenters. The molecule has 2 aliphatic rings. The van der Waals surface area contributed by atoms with Gasteiger partial charge in [0.15, 0.2) is 0 Å². The van der Waals surface area contributed by atoms with Crippen molar-refractivity contribution in [2.45, 2.75) is 13.3 Å². The van der Waals surface area contributed by atoms with Crippen LogP contribution in [-0.2, 0) is 9.59 Å². The first-order valence-electron chi connectivity index (χ1n) is 5.96. The molecule has 2 aliphatic heterocycles. The van der Waals surface area contributed by atoms with Crippen LogP contribution in [0.2, 0.25) is 0 Å². The number of rotatable bonds is 4. The number of fused-ring (bicyclic) bond motifs is 1. The highest BCUT2D eigenvalue weighted by atomic mass is 16.2. The number of nitrogens with two attached hydrogens (primary N) is 1. The number of likely N-dealkylation sites (tertiary alicyclic amines) is 2. The summed E-state index contributed by atoms with van der Waals surface area (Å²) in [7, 11) is 0. The first-order valence-corrected chi connectivity index (χ1v) is 5.96. The predicted molar refractivity (Wildman–Crippen MR) is 59.5 cm³/mol. The lowest BCUT2D eigenvalue weighted by Crippen LogP contribution is -2.36. The molecule has 2 heterocycles. The molecule has 0 radical (unpaired) electrons. The molecule has 2 fully saturated rings. The Balaban J connectivity index is 1.99. The molecular formula is C11H19N3O2. The first-order chi connectivity index (χ1) is 7.69. The molecule has 16 heavy (non-hydrogen) atoms. The van der Waals surface area contributed by atoms with Crippen molar-refractivity contribution in [1.29, 1.82) is 0 Å². The van der Waals surface area contributed by atoms with Gasteiger partial charge in [0.05, 0.1) is 11.8 Å². The van der Waals surface area contributed by atoms with Crippen molar-refractivity contribution in [3.8, 4) is 0 Å². The molecule has 0 aromatic carbocycles. The highest BCUT2D eigenvalue weighted by molar-refractivity contribution is 6.05. The number of hydrogen-bond donors (Lipinski definition) is 1. The van der Waals surface area contributed by atoms with E-state index >= 15 is 0 Å². The van der Waals surface area contributed by atoms with E-state index in [9.17, 15) is 9.59 Å². The second-order valence-electron chi connectivity index (χ2n) is 4.54. The quantitative estimate of drug-likeness (QED) is 0.641. The Bertz CT molecular complexity index is 282. The Morgan fingerprint density at radius 1 is 1.25 bits per heavy atom. The van der Waals surface area contributed by atoms with Gasteiger partial charge in [-0.25, -0.2) is 0 Å². The fraction of sp³-hybridized carbons (Fsp3) is 0.818. The Hall–Kier alpha value is -0.940. The van der Waals surface area contributed by atoms with Gasteiger partial charge in [0, 0.05) is 19.6 Å². The van der Waals surface area contributed by atoms with Crippen molar-refractivity contribution >= 4 is 11.8 Å². The SMILES string of the molecule is CCN1C(=O)[C@H]2CN(CCCN)C[C@@H]2C1=O. The van der Waals surface area contributed by atoms with E-state index in [1.54, 1.807) is 0 Å². The lowest BCUT2D eigenvalue weighted by Gasteiger charge is -2.19. The normalized spacial score (nSPS) is 30.2. The van der Waals surface area contributed by atoms with Crippen molar-refractivity contribution in [3.63, 3.8) is 0 Å². The summed E-state index contributed by atoms with van der Waals surface area (Å²) in [4.78, 5) is 27.4. The molecule has 5 nitrogen and oxygen atoms in total. The van der Waals surface area contributed by atoms with Crippen molar-refractivity contribution < 1.29 is 9.59 Å². The number of carbonyl (C=O) groups excluding carboxylic acids is 2. The van der Waals surface area contributed by atoms with E-state index in [1.807, 2.05) is 6.92 Å². The first kappa shape index (κ1) is 11.5. The van der Waals surface area contributed by atoms with Gasteiger partial charge >= 0.3 is 0 Å². The van der Waals surface area contributed by atoms with Gasteiger partial charge in [0.1, 0.15) is 0 Å². The van der Waals surface area contributed by atoms with Crippen LogP contribution in [0.25, 0.3) is 0 Å². The van der Waals surface area contributed by atoms with Crippen LogP contribution in [0.1, 0.15) is 13.3 Å². The predicted octanol–water partition coefficient (Wildman–Crippen LogP) is -0.728. The summed E-state index contributed by atoms with van der Waals surface area (Å²) in [5.41, 5.74) is 5.45. The third-order valence-corrected chi connectivity index (χ3v) is 3.56. The molecule has 0 aromatic heterocycles. The van der Waals surface area contributed by atoms with Crippen LogP contribution in [-0.4, -0.2) is 54.3 Å². The summed E-state index contributed by atoms with van der Waals surface area (Å²) in [6, 6.07) is 0. The average molecular weight is 225 g/mol. The number of carbonyl (C=O) groups is 2. The molecule has 0 aromatic rings. The average Bonchev–Trinajstić information content (AvgIpc) is 2.78. The van der Waals surface area contributed by atoms with Gasteiger partial charge < -0.3 is 10.6 Å². The van der Waals surface area contributed by atoms with Gasteiger partial charge in [-0.3, -0.25) is 14.5 Å². The minimum atomic E-state index is -0.0924. The number of nitrogens with zero attached hydrogens (tertiary/aromatic N) is 2. The Kier molecular flexibility index (Phi) is 3.25. The van der Waals surface area contributed by atoms with Crippen LogP contribution in [0.4, 0.5) is 0 Å². The molecule has 0 saturated carbocycles.